The number of para-hydroxylation sites is 1. The summed E-state index contributed by atoms with van der Waals surface area (Å²) < 4.78 is 0. The van der Waals surface area contributed by atoms with Gasteiger partial charge in [-0.05, 0) is 30.9 Å². The van der Waals surface area contributed by atoms with Crippen molar-refractivity contribution in [3.8, 4) is 5.69 Å². The number of hydrogen-bond donors (Lipinski definition) is 1. The highest BCUT2D eigenvalue weighted by Crippen LogP contribution is 2.38. The van der Waals surface area contributed by atoms with Crippen molar-refractivity contribution in [3.05, 3.63) is 42.2 Å². The summed E-state index contributed by atoms with van der Waals surface area (Å²) in [5, 5.41) is 8.67. The first-order valence-corrected chi connectivity index (χ1v) is 5.58. The normalized spacial score (nSPS) is 17.3. The lowest BCUT2D eigenvalue weighted by Gasteiger charge is -2.04. The van der Waals surface area contributed by atoms with Crippen molar-refractivity contribution < 1.29 is 0 Å². The van der Waals surface area contributed by atoms with Crippen molar-refractivity contribution >= 4 is 0 Å². The monoisotopic (exact) mass is 214 g/mol. The zero-order valence-electron chi connectivity index (χ0n) is 8.95. The average molecular weight is 214 g/mol. The van der Waals surface area contributed by atoms with E-state index in [0.717, 1.165) is 11.4 Å². The molecule has 0 amide bonds. The SMILES string of the molecule is NC(c1cnn(-c2ccccc2)n1)C1CC1. The molecule has 0 radical (unpaired) electrons. The highest BCUT2D eigenvalue weighted by molar-refractivity contribution is 5.28. The zero-order valence-corrected chi connectivity index (χ0v) is 8.95. The Hall–Kier alpha value is -1.68. The highest BCUT2D eigenvalue weighted by Gasteiger charge is 2.31. The van der Waals surface area contributed by atoms with E-state index in [0.29, 0.717) is 5.92 Å². The highest BCUT2D eigenvalue weighted by atomic mass is 15.5. The molecule has 2 N–H and O–H groups in total. The largest absolute Gasteiger partial charge is 0.322 e. The van der Waals surface area contributed by atoms with Gasteiger partial charge in [-0.15, -0.1) is 0 Å². The minimum Gasteiger partial charge on any atom is -0.322 e. The van der Waals surface area contributed by atoms with Gasteiger partial charge >= 0.3 is 0 Å². The lowest BCUT2D eigenvalue weighted by molar-refractivity contribution is 0.602. The Morgan fingerprint density at radius 2 is 2.00 bits per heavy atom. The second kappa shape index (κ2) is 3.72. The quantitative estimate of drug-likeness (QED) is 0.845. The Kier molecular flexibility index (Phi) is 2.22. The molecule has 2 aromatic rings. The van der Waals surface area contributed by atoms with E-state index in [9.17, 15) is 0 Å². The summed E-state index contributed by atoms with van der Waals surface area (Å²) >= 11 is 0. The van der Waals surface area contributed by atoms with Crippen LogP contribution in [0.25, 0.3) is 5.69 Å². The third-order valence-corrected chi connectivity index (χ3v) is 2.97. The van der Waals surface area contributed by atoms with Crippen LogP contribution in [0.1, 0.15) is 24.6 Å². The summed E-state index contributed by atoms with van der Waals surface area (Å²) in [5.41, 5.74) is 7.94. The van der Waals surface area contributed by atoms with Crippen molar-refractivity contribution in [2.45, 2.75) is 18.9 Å². The molecule has 1 aliphatic carbocycles. The summed E-state index contributed by atoms with van der Waals surface area (Å²) in [6.07, 6.45) is 4.22. The van der Waals surface area contributed by atoms with Gasteiger partial charge in [0.25, 0.3) is 0 Å². The van der Waals surface area contributed by atoms with Gasteiger partial charge in [0.1, 0.15) is 5.69 Å². The maximum atomic E-state index is 6.08. The van der Waals surface area contributed by atoms with E-state index in [2.05, 4.69) is 10.2 Å². The van der Waals surface area contributed by atoms with Crippen LogP contribution >= 0.6 is 0 Å². The molecule has 1 aromatic carbocycles. The van der Waals surface area contributed by atoms with Gasteiger partial charge in [0, 0.05) is 0 Å². The first kappa shape index (κ1) is 9.54. The maximum Gasteiger partial charge on any atom is 0.100 e. The Balaban J connectivity index is 1.87. The lowest BCUT2D eigenvalue weighted by atomic mass is 10.1. The van der Waals surface area contributed by atoms with Crippen LogP contribution in [-0.2, 0) is 0 Å². The second-order valence-corrected chi connectivity index (χ2v) is 4.26. The van der Waals surface area contributed by atoms with E-state index < -0.39 is 0 Å². The molecule has 3 rings (SSSR count). The van der Waals surface area contributed by atoms with Crippen LogP contribution in [0, 0.1) is 5.92 Å². The molecule has 82 valence electrons. The molecule has 4 heteroatoms. The van der Waals surface area contributed by atoms with Gasteiger partial charge in [0.15, 0.2) is 0 Å². The smallest absolute Gasteiger partial charge is 0.100 e. The molecule has 1 aromatic heterocycles. The lowest BCUT2D eigenvalue weighted by Crippen LogP contribution is -2.13. The maximum absolute atomic E-state index is 6.08. The second-order valence-electron chi connectivity index (χ2n) is 4.26. The summed E-state index contributed by atoms with van der Waals surface area (Å²) in [4.78, 5) is 1.64. The fourth-order valence-corrected chi connectivity index (χ4v) is 1.81. The van der Waals surface area contributed by atoms with Crippen molar-refractivity contribution in [3.63, 3.8) is 0 Å². The van der Waals surface area contributed by atoms with Crippen molar-refractivity contribution in [2.75, 3.05) is 0 Å². The molecule has 1 saturated carbocycles. The van der Waals surface area contributed by atoms with Crippen molar-refractivity contribution in [1.82, 2.24) is 15.0 Å². The molecule has 0 bridgehead atoms. The van der Waals surface area contributed by atoms with Gasteiger partial charge in [0.05, 0.1) is 17.9 Å². The molecule has 16 heavy (non-hydrogen) atoms. The summed E-state index contributed by atoms with van der Waals surface area (Å²) in [5.74, 6) is 0.612. The number of aromatic nitrogens is 3. The topological polar surface area (TPSA) is 56.7 Å². The van der Waals surface area contributed by atoms with Gasteiger partial charge in [-0.2, -0.15) is 15.0 Å². The molecular weight excluding hydrogens is 200 g/mol. The van der Waals surface area contributed by atoms with E-state index >= 15 is 0 Å². The first-order chi connectivity index (χ1) is 7.84. The molecule has 1 aliphatic rings. The number of benzene rings is 1. The van der Waals surface area contributed by atoms with Crippen LogP contribution in [0.3, 0.4) is 0 Å². The summed E-state index contributed by atoms with van der Waals surface area (Å²) in [6.45, 7) is 0. The summed E-state index contributed by atoms with van der Waals surface area (Å²) in [6, 6.07) is 9.93. The predicted octanol–water partition coefficient (Wildman–Crippen LogP) is 1.68. The Bertz CT molecular complexity index is 473. The molecule has 0 saturated heterocycles. The summed E-state index contributed by atoms with van der Waals surface area (Å²) in [7, 11) is 0. The molecule has 1 atom stereocenters. The van der Waals surface area contributed by atoms with E-state index in [1.54, 1.807) is 11.0 Å². The van der Waals surface area contributed by atoms with Crippen molar-refractivity contribution in [2.24, 2.45) is 11.7 Å². The molecular formula is C12H14N4. The zero-order chi connectivity index (χ0) is 11.0. The van der Waals surface area contributed by atoms with Crippen LogP contribution in [0.5, 0.6) is 0 Å². The Morgan fingerprint density at radius 1 is 1.25 bits per heavy atom. The third kappa shape index (κ3) is 1.72. The molecule has 1 unspecified atom stereocenters. The van der Waals surface area contributed by atoms with Crippen LogP contribution in [0.15, 0.2) is 36.5 Å². The van der Waals surface area contributed by atoms with Crippen LogP contribution in [0.4, 0.5) is 0 Å². The number of hydrogen-bond acceptors (Lipinski definition) is 3. The fourth-order valence-electron chi connectivity index (χ4n) is 1.81. The van der Waals surface area contributed by atoms with Gasteiger partial charge in [0.2, 0.25) is 0 Å². The van der Waals surface area contributed by atoms with Gasteiger partial charge in [-0.3, -0.25) is 0 Å². The Morgan fingerprint density at radius 3 is 2.69 bits per heavy atom. The van der Waals surface area contributed by atoms with E-state index in [1.165, 1.54) is 12.8 Å². The van der Waals surface area contributed by atoms with Crippen LogP contribution in [-0.4, -0.2) is 15.0 Å². The molecule has 4 nitrogen and oxygen atoms in total. The number of nitrogens with zero attached hydrogens (tertiary/aromatic N) is 3. The van der Waals surface area contributed by atoms with Crippen LogP contribution < -0.4 is 5.73 Å². The van der Waals surface area contributed by atoms with E-state index in [-0.39, 0.29) is 6.04 Å². The van der Waals surface area contributed by atoms with Gasteiger partial charge < -0.3 is 5.73 Å². The molecule has 0 spiro atoms. The average Bonchev–Trinajstić information content (AvgIpc) is 3.07. The minimum absolute atomic E-state index is 0.0532. The molecule has 1 fully saturated rings. The van der Waals surface area contributed by atoms with E-state index in [4.69, 9.17) is 5.73 Å². The van der Waals surface area contributed by atoms with Crippen molar-refractivity contribution in [1.29, 1.82) is 0 Å². The Labute approximate surface area is 94.1 Å². The minimum atomic E-state index is 0.0532. The third-order valence-electron chi connectivity index (χ3n) is 2.97. The van der Waals surface area contributed by atoms with E-state index in [1.807, 2.05) is 30.3 Å². The molecule has 1 heterocycles. The van der Waals surface area contributed by atoms with Gasteiger partial charge in [-0.25, -0.2) is 0 Å². The first-order valence-electron chi connectivity index (χ1n) is 5.58. The standard InChI is InChI=1S/C12H14N4/c13-12(9-6-7-9)11-8-14-16(15-11)10-4-2-1-3-5-10/h1-5,8-9,12H,6-7,13H2. The van der Waals surface area contributed by atoms with Gasteiger partial charge in [-0.1, -0.05) is 18.2 Å². The predicted molar refractivity (Wildman–Crippen MR) is 61.0 cm³/mol. The number of rotatable bonds is 3. The fraction of sp³-hybridized carbons (Fsp3) is 0.333. The molecule has 0 aliphatic heterocycles. The number of nitrogens with two attached hydrogens (primary N) is 1. The van der Waals surface area contributed by atoms with Crippen LogP contribution in [0.2, 0.25) is 0 Å².